The second kappa shape index (κ2) is 9.76. The van der Waals surface area contributed by atoms with Gasteiger partial charge in [-0.1, -0.05) is 20.8 Å². The van der Waals surface area contributed by atoms with Gasteiger partial charge in [-0.05, 0) is 58.2 Å². The van der Waals surface area contributed by atoms with Gasteiger partial charge in [0, 0.05) is 18.1 Å². The molecule has 0 spiro atoms. The Labute approximate surface area is 113 Å². The number of hydrogen-bond donors (Lipinski definition) is 3. The second-order valence-corrected chi connectivity index (χ2v) is 5.66. The van der Waals surface area contributed by atoms with E-state index in [-0.39, 0.29) is 0 Å². The summed E-state index contributed by atoms with van der Waals surface area (Å²) in [5.74, 6) is 0. The first kappa shape index (κ1) is 15.9. The average molecular weight is 255 g/mol. The fraction of sp³-hybridized carbons (Fsp3) is 1.00. The minimum absolute atomic E-state index is 0.697. The molecule has 0 atom stereocenters. The maximum absolute atomic E-state index is 3.70. The Kier molecular flexibility index (Phi) is 8.64. The molecule has 0 unspecified atom stereocenters. The Morgan fingerprint density at radius 2 is 0.889 bits per heavy atom. The summed E-state index contributed by atoms with van der Waals surface area (Å²) >= 11 is 0. The van der Waals surface area contributed by atoms with Crippen LogP contribution >= 0.6 is 0 Å². The molecule has 1 rings (SSSR count). The predicted molar refractivity (Wildman–Crippen MR) is 80.1 cm³/mol. The molecule has 0 heterocycles. The Bertz CT molecular complexity index is 157. The van der Waals surface area contributed by atoms with Gasteiger partial charge in [0.05, 0.1) is 0 Å². The number of nitrogens with one attached hydrogen (secondary N) is 3. The van der Waals surface area contributed by atoms with Gasteiger partial charge in [-0.3, -0.25) is 0 Å². The molecule has 3 N–H and O–H groups in total. The van der Waals surface area contributed by atoms with E-state index in [0.29, 0.717) is 18.1 Å². The molecule has 0 aromatic rings. The van der Waals surface area contributed by atoms with Crippen molar-refractivity contribution in [2.45, 2.75) is 77.4 Å². The van der Waals surface area contributed by atoms with Crippen LogP contribution in [0.4, 0.5) is 0 Å². The highest BCUT2D eigenvalue weighted by atomic mass is 15.0. The molecule has 3 heteroatoms. The molecule has 108 valence electrons. The van der Waals surface area contributed by atoms with Crippen molar-refractivity contribution in [2.75, 3.05) is 19.6 Å². The lowest BCUT2D eigenvalue weighted by atomic mass is 9.86. The maximum atomic E-state index is 3.70. The van der Waals surface area contributed by atoms with E-state index in [1.165, 1.54) is 38.5 Å². The highest BCUT2D eigenvalue weighted by Crippen LogP contribution is 2.19. The van der Waals surface area contributed by atoms with Gasteiger partial charge in [-0.25, -0.2) is 0 Å². The predicted octanol–water partition coefficient (Wildman–Crippen LogP) is 2.27. The fourth-order valence-electron chi connectivity index (χ4n) is 2.86. The van der Waals surface area contributed by atoms with Crippen molar-refractivity contribution in [3.8, 4) is 0 Å². The zero-order chi connectivity index (χ0) is 13.2. The van der Waals surface area contributed by atoms with Crippen molar-refractivity contribution in [1.82, 2.24) is 16.0 Å². The third-order valence-electron chi connectivity index (χ3n) is 3.76. The fourth-order valence-corrected chi connectivity index (χ4v) is 2.86. The molecule has 0 radical (unpaired) electrons. The Morgan fingerprint density at radius 3 is 1.11 bits per heavy atom. The smallest absolute Gasteiger partial charge is 0.00966 e. The van der Waals surface area contributed by atoms with Crippen LogP contribution in [0, 0.1) is 0 Å². The summed E-state index contributed by atoms with van der Waals surface area (Å²) in [5, 5.41) is 11.1. The molecule has 1 fully saturated rings. The molecular formula is C15H33N3. The van der Waals surface area contributed by atoms with Gasteiger partial charge in [-0.15, -0.1) is 0 Å². The lowest BCUT2D eigenvalue weighted by molar-refractivity contribution is 0.250. The SMILES string of the molecule is CCCNC1CC(NCCC)CC(NCCC)C1. The first-order valence-electron chi connectivity index (χ1n) is 8.00. The van der Waals surface area contributed by atoms with Crippen LogP contribution in [0.5, 0.6) is 0 Å². The van der Waals surface area contributed by atoms with E-state index in [2.05, 4.69) is 36.7 Å². The van der Waals surface area contributed by atoms with Gasteiger partial charge in [-0.2, -0.15) is 0 Å². The normalized spacial score (nSPS) is 28.5. The highest BCUT2D eigenvalue weighted by Gasteiger charge is 2.27. The van der Waals surface area contributed by atoms with Gasteiger partial charge < -0.3 is 16.0 Å². The molecule has 3 nitrogen and oxygen atoms in total. The molecule has 1 aliphatic carbocycles. The molecule has 0 aliphatic heterocycles. The van der Waals surface area contributed by atoms with E-state index >= 15 is 0 Å². The molecule has 1 aliphatic rings. The summed E-state index contributed by atoms with van der Waals surface area (Å²) < 4.78 is 0. The molecule has 1 saturated carbocycles. The van der Waals surface area contributed by atoms with E-state index in [1.807, 2.05) is 0 Å². The summed E-state index contributed by atoms with van der Waals surface area (Å²) in [6.45, 7) is 10.2. The van der Waals surface area contributed by atoms with E-state index < -0.39 is 0 Å². The molecule has 0 amide bonds. The van der Waals surface area contributed by atoms with Crippen LogP contribution < -0.4 is 16.0 Å². The largest absolute Gasteiger partial charge is 0.314 e. The topological polar surface area (TPSA) is 36.1 Å². The zero-order valence-corrected chi connectivity index (χ0v) is 12.6. The van der Waals surface area contributed by atoms with Crippen LogP contribution in [0.1, 0.15) is 59.3 Å². The third-order valence-corrected chi connectivity index (χ3v) is 3.76. The van der Waals surface area contributed by atoms with E-state index in [4.69, 9.17) is 0 Å². The van der Waals surface area contributed by atoms with Crippen molar-refractivity contribution >= 4 is 0 Å². The minimum atomic E-state index is 0.697. The van der Waals surface area contributed by atoms with Crippen LogP contribution in [0.15, 0.2) is 0 Å². The second-order valence-electron chi connectivity index (χ2n) is 5.66. The summed E-state index contributed by atoms with van der Waals surface area (Å²) in [5.41, 5.74) is 0. The monoisotopic (exact) mass is 255 g/mol. The van der Waals surface area contributed by atoms with E-state index in [1.54, 1.807) is 0 Å². The van der Waals surface area contributed by atoms with E-state index in [9.17, 15) is 0 Å². The van der Waals surface area contributed by atoms with Crippen molar-refractivity contribution in [3.63, 3.8) is 0 Å². The maximum Gasteiger partial charge on any atom is 0.00966 e. The van der Waals surface area contributed by atoms with Gasteiger partial charge in [0.15, 0.2) is 0 Å². The van der Waals surface area contributed by atoms with Crippen molar-refractivity contribution in [3.05, 3.63) is 0 Å². The van der Waals surface area contributed by atoms with Gasteiger partial charge in [0.1, 0.15) is 0 Å². The number of hydrogen-bond acceptors (Lipinski definition) is 3. The minimum Gasteiger partial charge on any atom is -0.314 e. The quantitative estimate of drug-likeness (QED) is 0.591. The average Bonchev–Trinajstić information content (AvgIpc) is 2.40. The van der Waals surface area contributed by atoms with Gasteiger partial charge in [0.2, 0.25) is 0 Å². The van der Waals surface area contributed by atoms with Crippen LogP contribution in [-0.4, -0.2) is 37.8 Å². The molecular weight excluding hydrogens is 222 g/mol. The molecule has 18 heavy (non-hydrogen) atoms. The standard InChI is InChI=1S/C15H33N3/c1-4-7-16-13-10-14(17-8-5-2)12-15(11-13)18-9-6-3/h13-18H,4-12H2,1-3H3. The Morgan fingerprint density at radius 1 is 0.611 bits per heavy atom. The van der Waals surface area contributed by atoms with Gasteiger partial charge >= 0.3 is 0 Å². The first-order chi connectivity index (χ1) is 8.80. The summed E-state index contributed by atoms with van der Waals surface area (Å²) in [6.07, 6.45) is 7.59. The molecule has 0 aromatic carbocycles. The van der Waals surface area contributed by atoms with Gasteiger partial charge in [0.25, 0.3) is 0 Å². The van der Waals surface area contributed by atoms with Crippen molar-refractivity contribution in [1.29, 1.82) is 0 Å². The summed E-state index contributed by atoms with van der Waals surface area (Å²) in [7, 11) is 0. The van der Waals surface area contributed by atoms with Crippen LogP contribution in [0.2, 0.25) is 0 Å². The molecule has 0 saturated heterocycles. The van der Waals surface area contributed by atoms with Crippen molar-refractivity contribution in [2.24, 2.45) is 0 Å². The van der Waals surface area contributed by atoms with Crippen molar-refractivity contribution < 1.29 is 0 Å². The lowest BCUT2D eigenvalue weighted by Gasteiger charge is -2.36. The van der Waals surface area contributed by atoms with E-state index in [0.717, 1.165) is 19.6 Å². The Hall–Kier alpha value is -0.120. The zero-order valence-electron chi connectivity index (χ0n) is 12.6. The van der Waals surface area contributed by atoms with Crippen LogP contribution in [-0.2, 0) is 0 Å². The summed E-state index contributed by atoms with van der Waals surface area (Å²) in [6, 6.07) is 2.09. The number of rotatable bonds is 9. The summed E-state index contributed by atoms with van der Waals surface area (Å²) in [4.78, 5) is 0. The van der Waals surface area contributed by atoms with Crippen LogP contribution in [0.3, 0.4) is 0 Å². The molecule has 0 aromatic heterocycles. The Balaban J connectivity index is 2.38. The first-order valence-corrected chi connectivity index (χ1v) is 8.00. The molecule has 0 bridgehead atoms. The third kappa shape index (κ3) is 6.17. The van der Waals surface area contributed by atoms with Crippen LogP contribution in [0.25, 0.3) is 0 Å². The lowest BCUT2D eigenvalue weighted by Crippen LogP contribution is -2.51. The highest BCUT2D eigenvalue weighted by molar-refractivity contribution is 4.89.